The fraction of sp³-hybridized carbons (Fsp3) is 0.304. The quantitative estimate of drug-likeness (QED) is 0.379. The SMILES string of the molecule is C=CC(C)(CCC=C(C)C)C(C(=O)O)C(=O)c1ccc2ccccc2c1. The smallest absolute Gasteiger partial charge is 0.315 e. The number of carboxylic acids is 1. The van der Waals surface area contributed by atoms with Gasteiger partial charge in [0.15, 0.2) is 5.78 Å². The zero-order chi connectivity index (χ0) is 19.3. The third-order valence-electron chi connectivity index (χ3n) is 4.90. The summed E-state index contributed by atoms with van der Waals surface area (Å²) in [5, 5.41) is 11.8. The first-order chi connectivity index (χ1) is 12.3. The molecule has 3 nitrogen and oxygen atoms in total. The van der Waals surface area contributed by atoms with Gasteiger partial charge in [0, 0.05) is 11.0 Å². The molecular formula is C23H26O3. The van der Waals surface area contributed by atoms with Gasteiger partial charge in [0.2, 0.25) is 0 Å². The summed E-state index contributed by atoms with van der Waals surface area (Å²) in [4.78, 5) is 25.1. The molecule has 0 saturated heterocycles. The molecule has 0 aromatic heterocycles. The number of aliphatic carboxylic acids is 1. The molecule has 26 heavy (non-hydrogen) atoms. The van der Waals surface area contributed by atoms with Gasteiger partial charge in [-0.15, -0.1) is 6.58 Å². The van der Waals surface area contributed by atoms with E-state index in [9.17, 15) is 14.7 Å². The minimum atomic E-state index is -1.16. The number of fused-ring (bicyclic) bond motifs is 1. The van der Waals surface area contributed by atoms with E-state index in [1.165, 1.54) is 5.57 Å². The summed E-state index contributed by atoms with van der Waals surface area (Å²) in [5.41, 5.74) is 0.774. The molecule has 0 fully saturated rings. The molecule has 2 aromatic carbocycles. The van der Waals surface area contributed by atoms with Crippen molar-refractivity contribution in [2.45, 2.75) is 33.6 Å². The predicted molar refractivity (Wildman–Crippen MR) is 106 cm³/mol. The molecule has 0 amide bonds. The van der Waals surface area contributed by atoms with Crippen molar-refractivity contribution >= 4 is 22.5 Å². The molecule has 0 radical (unpaired) electrons. The normalized spacial score (nSPS) is 14.3. The first-order valence-corrected chi connectivity index (χ1v) is 8.81. The van der Waals surface area contributed by atoms with Crippen LogP contribution in [0.5, 0.6) is 0 Å². The van der Waals surface area contributed by atoms with Crippen molar-refractivity contribution in [2.24, 2.45) is 11.3 Å². The minimum absolute atomic E-state index is 0.372. The first kappa shape index (κ1) is 19.6. The average molecular weight is 350 g/mol. The molecule has 0 spiro atoms. The van der Waals surface area contributed by atoms with Crippen molar-refractivity contribution in [1.82, 2.24) is 0 Å². The number of benzene rings is 2. The molecule has 1 N–H and O–H groups in total. The Morgan fingerprint density at radius 1 is 1.15 bits per heavy atom. The molecule has 0 aliphatic rings. The number of hydrogen-bond acceptors (Lipinski definition) is 2. The zero-order valence-electron chi connectivity index (χ0n) is 15.7. The summed E-state index contributed by atoms with van der Waals surface area (Å²) in [6.45, 7) is 9.63. The Balaban J connectivity index is 2.39. The van der Waals surface area contributed by atoms with E-state index in [2.05, 4.69) is 12.7 Å². The van der Waals surface area contributed by atoms with Gasteiger partial charge in [-0.05, 0) is 43.5 Å². The lowest BCUT2D eigenvalue weighted by atomic mass is 9.70. The fourth-order valence-electron chi connectivity index (χ4n) is 3.24. The van der Waals surface area contributed by atoms with Crippen LogP contribution in [0, 0.1) is 11.3 Å². The van der Waals surface area contributed by atoms with E-state index in [1.807, 2.05) is 44.2 Å². The van der Waals surface area contributed by atoms with Gasteiger partial charge >= 0.3 is 5.97 Å². The number of carbonyl (C=O) groups excluding carboxylic acids is 1. The monoisotopic (exact) mass is 350 g/mol. The molecule has 2 aromatic rings. The van der Waals surface area contributed by atoms with Crippen molar-refractivity contribution in [2.75, 3.05) is 0 Å². The topological polar surface area (TPSA) is 54.4 Å². The van der Waals surface area contributed by atoms with Gasteiger partial charge in [-0.3, -0.25) is 9.59 Å². The van der Waals surface area contributed by atoms with E-state index in [1.54, 1.807) is 25.1 Å². The van der Waals surface area contributed by atoms with Crippen LogP contribution in [0.15, 0.2) is 66.8 Å². The van der Waals surface area contributed by atoms with Crippen LogP contribution in [0.4, 0.5) is 0 Å². The lowest BCUT2D eigenvalue weighted by Gasteiger charge is -2.31. The van der Waals surface area contributed by atoms with E-state index in [-0.39, 0.29) is 5.78 Å². The van der Waals surface area contributed by atoms with Crippen LogP contribution in [0.1, 0.15) is 44.0 Å². The second-order valence-corrected chi connectivity index (χ2v) is 7.23. The van der Waals surface area contributed by atoms with Crippen LogP contribution < -0.4 is 0 Å². The Bertz CT molecular complexity index is 859. The standard InChI is InChI=1S/C23H26O3/c1-5-23(4,14-8-9-16(2)3)20(22(25)26)21(24)19-13-12-17-10-6-7-11-18(17)15-19/h5-7,9-13,15,20H,1,8,14H2,2-4H3,(H,25,26). The Morgan fingerprint density at radius 3 is 2.38 bits per heavy atom. The number of carboxylic acid groups (broad SMARTS) is 1. The van der Waals surface area contributed by atoms with Crippen molar-refractivity contribution in [3.05, 3.63) is 72.3 Å². The number of allylic oxidation sites excluding steroid dienone is 3. The second-order valence-electron chi connectivity index (χ2n) is 7.23. The summed E-state index contributed by atoms with van der Waals surface area (Å²) < 4.78 is 0. The van der Waals surface area contributed by atoms with Gasteiger partial charge < -0.3 is 5.11 Å². The molecule has 0 aliphatic heterocycles. The fourth-order valence-corrected chi connectivity index (χ4v) is 3.24. The third kappa shape index (κ3) is 4.29. The second kappa shape index (κ2) is 8.13. The Kier molecular flexibility index (Phi) is 6.14. The molecule has 0 heterocycles. The number of hydrogen-bond donors (Lipinski definition) is 1. The lowest BCUT2D eigenvalue weighted by molar-refractivity contribution is -0.142. The number of ketones is 1. The van der Waals surface area contributed by atoms with Crippen LogP contribution in [-0.4, -0.2) is 16.9 Å². The van der Waals surface area contributed by atoms with E-state index in [0.29, 0.717) is 18.4 Å². The maximum absolute atomic E-state index is 13.1. The molecule has 2 unspecified atom stereocenters. The third-order valence-corrected chi connectivity index (χ3v) is 4.90. The van der Waals surface area contributed by atoms with Crippen LogP contribution >= 0.6 is 0 Å². The maximum atomic E-state index is 13.1. The largest absolute Gasteiger partial charge is 0.481 e. The number of carbonyl (C=O) groups is 2. The van der Waals surface area contributed by atoms with E-state index >= 15 is 0 Å². The van der Waals surface area contributed by atoms with Gasteiger partial charge in [-0.2, -0.15) is 0 Å². The summed E-state index contributed by atoms with van der Waals surface area (Å²) in [6, 6.07) is 13.1. The predicted octanol–water partition coefficient (Wildman–Crippen LogP) is 5.66. The van der Waals surface area contributed by atoms with Crippen LogP contribution in [0.3, 0.4) is 0 Å². The molecule has 3 heteroatoms. The molecule has 2 atom stereocenters. The first-order valence-electron chi connectivity index (χ1n) is 8.81. The lowest BCUT2D eigenvalue weighted by Crippen LogP contribution is -2.38. The van der Waals surface area contributed by atoms with Crippen LogP contribution in [0.25, 0.3) is 10.8 Å². The van der Waals surface area contributed by atoms with Crippen LogP contribution in [0.2, 0.25) is 0 Å². The highest BCUT2D eigenvalue weighted by molar-refractivity contribution is 6.10. The highest BCUT2D eigenvalue weighted by Crippen LogP contribution is 2.37. The Hall–Kier alpha value is -2.68. The summed E-state index contributed by atoms with van der Waals surface area (Å²) >= 11 is 0. The summed E-state index contributed by atoms with van der Waals surface area (Å²) in [6.07, 6.45) is 4.93. The summed E-state index contributed by atoms with van der Waals surface area (Å²) in [5.74, 6) is -2.64. The Labute approximate surface area is 155 Å². The van der Waals surface area contributed by atoms with Crippen molar-refractivity contribution < 1.29 is 14.7 Å². The van der Waals surface area contributed by atoms with Gasteiger partial charge in [-0.1, -0.05) is 61.0 Å². The maximum Gasteiger partial charge on any atom is 0.315 e. The number of Topliss-reactive ketones (excluding diaryl/α,β-unsaturated/α-hetero) is 1. The van der Waals surface area contributed by atoms with Gasteiger partial charge in [0.25, 0.3) is 0 Å². The highest BCUT2D eigenvalue weighted by atomic mass is 16.4. The van der Waals surface area contributed by atoms with E-state index in [4.69, 9.17) is 0 Å². The highest BCUT2D eigenvalue weighted by Gasteiger charge is 2.42. The van der Waals surface area contributed by atoms with Gasteiger partial charge in [0.1, 0.15) is 5.92 Å². The molecule has 0 saturated carbocycles. The summed E-state index contributed by atoms with van der Waals surface area (Å²) in [7, 11) is 0. The van der Waals surface area contributed by atoms with Crippen molar-refractivity contribution in [3.63, 3.8) is 0 Å². The van der Waals surface area contributed by atoms with E-state index < -0.39 is 17.3 Å². The number of rotatable bonds is 8. The molecular weight excluding hydrogens is 324 g/mol. The Morgan fingerprint density at radius 2 is 1.81 bits per heavy atom. The van der Waals surface area contributed by atoms with Gasteiger partial charge in [-0.25, -0.2) is 0 Å². The molecule has 0 aliphatic carbocycles. The zero-order valence-corrected chi connectivity index (χ0v) is 15.7. The molecule has 2 rings (SSSR count). The van der Waals surface area contributed by atoms with Crippen molar-refractivity contribution in [3.8, 4) is 0 Å². The van der Waals surface area contributed by atoms with Crippen molar-refractivity contribution in [1.29, 1.82) is 0 Å². The van der Waals surface area contributed by atoms with Crippen LogP contribution in [-0.2, 0) is 4.79 Å². The molecule has 0 bridgehead atoms. The van der Waals surface area contributed by atoms with E-state index in [0.717, 1.165) is 10.8 Å². The average Bonchev–Trinajstić information content (AvgIpc) is 2.60. The van der Waals surface area contributed by atoms with Gasteiger partial charge in [0.05, 0.1) is 0 Å². The minimum Gasteiger partial charge on any atom is -0.481 e. The molecule has 136 valence electrons.